The number of methoxy groups -OCH3 is 1. The van der Waals surface area contributed by atoms with Gasteiger partial charge in [-0.2, -0.15) is 0 Å². The maximum Gasteiger partial charge on any atom is 0.258 e. The Labute approximate surface area is 185 Å². The van der Waals surface area contributed by atoms with Gasteiger partial charge in [0.05, 0.1) is 13.2 Å². The zero-order chi connectivity index (χ0) is 22.2. The second kappa shape index (κ2) is 11.0. The summed E-state index contributed by atoms with van der Waals surface area (Å²) in [6.45, 7) is 4.53. The number of hydrogen-bond donors (Lipinski definition) is 1. The van der Waals surface area contributed by atoms with Crippen molar-refractivity contribution in [2.45, 2.75) is 6.04 Å². The van der Waals surface area contributed by atoms with Gasteiger partial charge in [-0.25, -0.2) is 0 Å². The fourth-order valence-electron chi connectivity index (χ4n) is 3.69. The molecule has 1 atom stereocenters. The van der Waals surface area contributed by atoms with E-state index in [2.05, 4.69) is 51.3 Å². The molecule has 3 rings (SSSR count). The van der Waals surface area contributed by atoms with E-state index in [4.69, 9.17) is 9.47 Å². The number of nitrogens with zero attached hydrogens (tertiary/aromatic N) is 3. The minimum absolute atomic E-state index is 0.0256. The summed E-state index contributed by atoms with van der Waals surface area (Å²) in [5.74, 6) is 1.19. The molecular weight excluding hydrogens is 392 g/mol. The Morgan fingerprint density at radius 2 is 1.74 bits per heavy atom. The van der Waals surface area contributed by atoms with Gasteiger partial charge in [0.2, 0.25) is 0 Å². The predicted molar refractivity (Wildman–Crippen MR) is 124 cm³/mol. The van der Waals surface area contributed by atoms with Crippen molar-refractivity contribution in [3.05, 3.63) is 54.1 Å². The van der Waals surface area contributed by atoms with Crippen molar-refractivity contribution in [2.24, 2.45) is 0 Å². The molecule has 0 radical (unpaired) electrons. The van der Waals surface area contributed by atoms with Crippen molar-refractivity contribution in [1.29, 1.82) is 0 Å². The van der Waals surface area contributed by atoms with Crippen LogP contribution in [0.4, 0.5) is 5.69 Å². The smallest absolute Gasteiger partial charge is 0.258 e. The zero-order valence-corrected chi connectivity index (χ0v) is 19.0. The topological polar surface area (TPSA) is 57.3 Å². The SMILES string of the molecule is COc1cccc(OCC(=O)NC[C@H](c2ccc(N(C)C)cc2)N2CCN(C)CC2)c1. The highest BCUT2D eigenvalue weighted by Gasteiger charge is 2.24. The Bertz CT molecular complexity index is 833. The molecule has 0 bridgehead atoms. The molecule has 7 heteroatoms. The first-order valence-corrected chi connectivity index (χ1v) is 10.7. The molecule has 1 saturated heterocycles. The number of anilines is 1. The molecule has 1 amide bonds. The van der Waals surface area contributed by atoms with Gasteiger partial charge in [0.1, 0.15) is 11.5 Å². The van der Waals surface area contributed by atoms with Gasteiger partial charge in [-0.3, -0.25) is 9.69 Å². The van der Waals surface area contributed by atoms with Crippen LogP contribution in [0.25, 0.3) is 0 Å². The number of carbonyl (C=O) groups is 1. The van der Waals surface area contributed by atoms with Crippen LogP contribution in [-0.4, -0.2) is 83.3 Å². The Hall–Kier alpha value is -2.77. The molecule has 1 N–H and O–H groups in total. The lowest BCUT2D eigenvalue weighted by molar-refractivity contribution is -0.123. The maximum atomic E-state index is 12.5. The van der Waals surface area contributed by atoms with Crippen molar-refractivity contribution in [1.82, 2.24) is 15.1 Å². The van der Waals surface area contributed by atoms with Crippen molar-refractivity contribution >= 4 is 11.6 Å². The Morgan fingerprint density at radius 1 is 1.06 bits per heavy atom. The number of likely N-dealkylation sites (N-methyl/N-ethyl adjacent to an activating group) is 1. The quantitative estimate of drug-likeness (QED) is 0.664. The van der Waals surface area contributed by atoms with E-state index in [1.807, 2.05) is 32.3 Å². The largest absolute Gasteiger partial charge is 0.497 e. The Balaban J connectivity index is 1.61. The third-order valence-corrected chi connectivity index (χ3v) is 5.68. The summed E-state index contributed by atoms with van der Waals surface area (Å²) in [6.07, 6.45) is 0. The molecule has 1 fully saturated rings. The van der Waals surface area contributed by atoms with E-state index in [1.54, 1.807) is 13.2 Å². The van der Waals surface area contributed by atoms with E-state index < -0.39 is 0 Å². The predicted octanol–water partition coefficient (Wildman–Crippen LogP) is 2.24. The molecule has 168 valence electrons. The number of benzene rings is 2. The molecule has 1 heterocycles. The molecule has 1 aliphatic rings. The Morgan fingerprint density at radius 3 is 2.39 bits per heavy atom. The van der Waals surface area contributed by atoms with E-state index >= 15 is 0 Å². The average Bonchev–Trinajstić information content (AvgIpc) is 2.79. The molecule has 2 aromatic rings. The summed E-state index contributed by atoms with van der Waals surface area (Å²) in [7, 11) is 7.83. The molecule has 0 unspecified atom stereocenters. The van der Waals surface area contributed by atoms with Crippen LogP contribution in [0.2, 0.25) is 0 Å². The lowest BCUT2D eigenvalue weighted by atomic mass is 10.0. The molecule has 0 aliphatic carbocycles. The van der Waals surface area contributed by atoms with E-state index in [1.165, 1.54) is 5.56 Å². The summed E-state index contributed by atoms with van der Waals surface area (Å²) in [5.41, 5.74) is 2.38. The number of piperazine rings is 1. The first-order chi connectivity index (χ1) is 15.0. The number of rotatable bonds is 9. The monoisotopic (exact) mass is 426 g/mol. The molecule has 31 heavy (non-hydrogen) atoms. The van der Waals surface area contributed by atoms with Crippen LogP contribution >= 0.6 is 0 Å². The number of hydrogen-bond acceptors (Lipinski definition) is 6. The highest BCUT2D eigenvalue weighted by Crippen LogP contribution is 2.24. The second-order valence-electron chi connectivity index (χ2n) is 8.11. The van der Waals surface area contributed by atoms with Crippen LogP contribution in [0, 0.1) is 0 Å². The normalized spacial score (nSPS) is 15.9. The summed E-state index contributed by atoms with van der Waals surface area (Å²) >= 11 is 0. The van der Waals surface area contributed by atoms with Crippen LogP contribution in [0.3, 0.4) is 0 Å². The maximum absolute atomic E-state index is 12.5. The fourth-order valence-corrected chi connectivity index (χ4v) is 3.69. The number of nitrogens with one attached hydrogen (secondary N) is 1. The first-order valence-electron chi connectivity index (χ1n) is 10.7. The van der Waals surface area contributed by atoms with Gasteiger partial charge >= 0.3 is 0 Å². The number of carbonyl (C=O) groups excluding carboxylic acids is 1. The first kappa shape index (κ1) is 22.9. The second-order valence-corrected chi connectivity index (χ2v) is 8.11. The standard InChI is InChI=1S/C24H34N4O3/c1-26(2)20-10-8-19(9-11-20)23(28-14-12-27(3)13-15-28)17-25-24(29)18-31-22-7-5-6-21(16-22)30-4/h5-11,16,23H,12-15,17-18H2,1-4H3,(H,25,29)/t23-/m1/s1. The average molecular weight is 427 g/mol. The van der Waals surface area contributed by atoms with Crippen molar-refractivity contribution in [3.63, 3.8) is 0 Å². The van der Waals surface area contributed by atoms with E-state index in [0.29, 0.717) is 18.0 Å². The van der Waals surface area contributed by atoms with E-state index in [-0.39, 0.29) is 18.6 Å². The summed E-state index contributed by atoms with van der Waals surface area (Å²) in [4.78, 5) is 19.4. The van der Waals surface area contributed by atoms with Gasteiger partial charge in [-0.15, -0.1) is 0 Å². The summed E-state index contributed by atoms with van der Waals surface area (Å²) < 4.78 is 10.8. The van der Waals surface area contributed by atoms with Gasteiger partial charge in [-0.1, -0.05) is 18.2 Å². The molecule has 7 nitrogen and oxygen atoms in total. The number of amides is 1. The van der Waals surface area contributed by atoms with Crippen LogP contribution in [0.1, 0.15) is 11.6 Å². The highest BCUT2D eigenvalue weighted by atomic mass is 16.5. The lowest BCUT2D eigenvalue weighted by Crippen LogP contribution is -2.48. The van der Waals surface area contributed by atoms with Crippen molar-refractivity contribution in [3.8, 4) is 11.5 Å². The van der Waals surface area contributed by atoms with Crippen molar-refractivity contribution in [2.75, 3.05) is 72.5 Å². The minimum atomic E-state index is -0.133. The number of ether oxygens (including phenoxy) is 2. The summed E-state index contributed by atoms with van der Waals surface area (Å²) in [5, 5.41) is 3.07. The molecule has 0 saturated carbocycles. The Kier molecular flexibility index (Phi) is 8.14. The summed E-state index contributed by atoms with van der Waals surface area (Å²) in [6, 6.07) is 16.0. The lowest BCUT2D eigenvalue weighted by Gasteiger charge is -2.38. The minimum Gasteiger partial charge on any atom is -0.497 e. The van der Waals surface area contributed by atoms with Crippen molar-refractivity contribution < 1.29 is 14.3 Å². The third-order valence-electron chi connectivity index (χ3n) is 5.68. The van der Waals surface area contributed by atoms with Crippen LogP contribution < -0.4 is 19.7 Å². The molecular formula is C24H34N4O3. The van der Waals surface area contributed by atoms with Crippen LogP contribution in [0.5, 0.6) is 11.5 Å². The van der Waals surface area contributed by atoms with Gasteiger partial charge < -0.3 is 24.6 Å². The molecule has 0 aromatic heterocycles. The van der Waals surface area contributed by atoms with Gasteiger partial charge in [0.15, 0.2) is 6.61 Å². The van der Waals surface area contributed by atoms with Crippen LogP contribution in [-0.2, 0) is 4.79 Å². The van der Waals surface area contributed by atoms with E-state index in [9.17, 15) is 4.79 Å². The zero-order valence-electron chi connectivity index (χ0n) is 19.0. The van der Waals surface area contributed by atoms with E-state index in [0.717, 1.165) is 31.9 Å². The molecule has 2 aromatic carbocycles. The third kappa shape index (κ3) is 6.60. The highest BCUT2D eigenvalue weighted by molar-refractivity contribution is 5.77. The fraction of sp³-hybridized carbons (Fsp3) is 0.458. The van der Waals surface area contributed by atoms with Gasteiger partial charge in [0.25, 0.3) is 5.91 Å². The molecule has 0 spiro atoms. The van der Waals surface area contributed by atoms with Crippen LogP contribution in [0.15, 0.2) is 48.5 Å². The van der Waals surface area contributed by atoms with Gasteiger partial charge in [-0.05, 0) is 36.9 Å². The van der Waals surface area contributed by atoms with Gasteiger partial charge in [0, 0.05) is 58.6 Å². The molecule has 1 aliphatic heterocycles.